The van der Waals surface area contributed by atoms with E-state index in [2.05, 4.69) is 10.3 Å². The number of amides is 1. The lowest BCUT2D eigenvalue weighted by Crippen LogP contribution is -2.50. The number of hydrogen-bond donors (Lipinski definition) is 5. The maximum Gasteiger partial charge on any atom is 0.431 e. The van der Waals surface area contributed by atoms with Gasteiger partial charge in [0, 0.05) is 17.3 Å². The lowest BCUT2D eigenvalue weighted by atomic mass is 10.0. The summed E-state index contributed by atoms with van der Waals surface area (Å²) < 4.78 is 40.4. The van der Waals surface area contributed by atoms with Crippen molar-refractivity contribution >= 4 is 22.8 Å². The second-order valence-corrected chi connectivity index (χ2v) is 7.10. The van der Waals surface area contributed by atoms with Gasteiger partial charge < -0.3 is 26.2 Å². The average molecular weight is 435 g/mol. The first-order chi connectivity index (χ1) is 14.6. The minimum Gasteiger partial charge on any atom is -0.508 e. The van der Waals surface area contributed by atoms with Gasteiger partial charge in [-0.15, -0.1) is 0 Å². The van der Waals surface area contributed by atoms with Gasteiger partial charge in [0.2, 0.25) is 5.91 Å². The number of phenols is 1. The number of carbonyl (C=O) groups excluding carboxylic acids is 1. The Hall–Kier alpha value is -3.53. The fourth-order valence-electron chi connectivity index (χ4n) is 3.31. The number of halogens is 3. The van der Waals surface area contributed by atoms with E-state index in [0.29, 0.717) is 5.56 Å². The number of para-hydroxylation sites is 1. The molecule has 0 radical (unpaired) electrons. The summed E-state index contributed by atoms with van der Waals surface area (Å²) in [6.07, 6.45) is -5.20. The molecule has 6 N–H and O–H groups in total. The number of carboxylic acids is 1. The molecule has 0 bridgehead atoms. The molecular weight excluding hydrogens is 415 g/mol. The zero-order chi connectivity index (χ0) is 22.8. The van der Waals surface area contributed by atoms with Crippen molar-refractivity contribution in [2.75, 3.05) is 0 Å². The summed E-state index contributed by atoms with van der Waals surface area (Å²) >= 11 is 0. The van der Waals surface area contributed by atoms with Gasteiger partial charge >= 0.3 is 12.1 Å². The lowest BCUT2D eigenvalue weighted by molar-refractivity contribution is -0.142. The molecule has 0 aliphatic rings. The maximum atomic E-state index is 13.5. The zero-order valence-corrected chi connectivity index (χ0v) is 16.1. The van der Waals surface area contributed by atoms with Crippen LogP contribution in [0.2, 0.25) is 0 Å². The monoisotopic (exact) mass is 435 g/mol. The van der Waals surface area contributed by atoms with Gasteiger partial charge in [-0.2, -0.15) is 13.2 Å². The number of rotatable bonds is 7. The molecule has 1 aromatic heterocycles. The number of fused-ring (bicyclic) bond motifs is 1. The molecule has 3 rings (SSSR count). The highest BCUT2D eigenvalue weighted by Gasteiger charge is 2.37. The number of carboxylic acid groups (broad SMARTS) is 1. The van der Waals surface area contributed by atoms with Gasteiger partial charge in [-0.05, 0) is 35.7 Å². The summed E-state index contributed by atoms with van der Waals surface area (Å²) in [6.45, 7) is 0. The third-order valence-electron chi connectivity index (χ3n) is 4.85. The highest BCUT2D eigenvalue weighted by molar-refractivity contribution is 5.89. The molecule has 1 amide bonds. The molecule has 7 nitrogen and oxygen atoms in total. The van der Waals surface area contributed by atoms with E-state index in [4.69, 9.17) is 5.73 Å². The fourth-order valence-corrected chi connectivity index (χ4v) is 3.31. The lowest BCUT2D eigenvalue weighted by Gasteiger charge is -2.19. The smallest absolute Gasteiger partial charge is 0.431 e. The Balaban J connectivity index is 1.78. The molecule has 1 unspecified atom stereocenters. The summed E-state index contributed by atoms with van der Waals surface area (Å²) in [7, 11) is 0. The molecular formula is C21H20F3N3O4. The molecule has 0 saturated carbocycles. The van der Waals surface area contributed by atoms with Crippen LogP contribution in [0.3, 0.4) is 0 Å². The number of aliphatic carboxylic acids is 1. The van der Waals surface area contributed by atoms with E-state index in [1.165, 1.54) is 36.4 Å². The van der Waals surface area contributed by atoms with Crippen LogP contribution >= 0.6 is 0 Å². The molecule has 0 saturated heterocycles. The Morgan fingerprint density at radius 1 is 1.06 bits per heavy atom. The van der Waals surface area contributed by atoms with E-state index in [0.717, 1.165) is 0 Å². The number of hydrogen-bond acceptors (Lipinski definition) is 4. The van der Waals surface area contributed by atoms with Crippen molar-refractivity contribution in [3.63, 3.8) is 0 Å². The van der Waals surface area contributed by atoms with Gasteiger partial charge in [0.15, 0.2) is 0 Å². The Bertz CT molecular complexity index is 1090. The van der Waals surface area contributed by atoms with Crippen molar-refractivity contribution in [2.45, 2.75) is 31.1 Å². The Morgan fingerprint density at radius 3 is 2.32 bits per heavy atom. The molecule has 0 spiro atoms. The topological polar surface area (TPSA) is 128 Å². The van der Waals surface area contributed by atoms with Crippen LogP contribution in [0, 0.1) is 0 Å². The normalized spacial score (nSPS) is 13.7. The molecule has 10 heteroatoms. The van der Waals surface area contributed by atoms with Gasteiger partial charge in [0.05, 0.1) is 6.04 Å². The highest BCUT2D eigenvalue weighted by atomic mass is 19.4. The molecule has 0 fully saturated rings. The second kappa shape index (κ2) is 8.68. The van der Waals surface area contributed by atoms with Gasteiger partial charge in [-0.1, -0.05) is 30.3 Å². The Labute approximate surface area is 174 Å². The molecule has 1 heterocycles. The highest BCUT2D eigenvalue weighted by Crippen LogP contribution is 2.36. The first kappa shape index (κ1) is 22.2. The third kappa shape index (κ3) is 5.15. The number of benzene rings is 2. The van der Waals surface area contributed by atoms with E-state index < -0.39 is 42.3 Å². The van der Waals surface area contributed by atoms with Crippen LogP contribution in [0.25, 0.3) is 10.9 Å². The predicted molar refractivity (Wildman–Crippen MR) is 106 cm³/mol. The SMILES string of the molecule is NC(Cc1c(C(F)(F)F)[nH]c2ccccc12)C(=O)N[C@@H](Cc1ccc(O)cc1)C(=O)O. The van der Waals surface area contributed by atoms with Gasteiger partial charge in [0.1, 0.15) is 17.5 Å². The second-order valence-electron chi connectivity index (χ2n) is 7.10. The van der Waals surface area contributed by atoms with Crippen LogP contribution in [-0.4, -0.2) is 39.2 Å². The van der Waals surface area contributed by atoms with E-state index in [1.54, 1.807) is 12.1 Å². The van der Waals surface area contributed by atoms with E-state index in [1.807, 2.05) is 0 Å². The summed E-state index contributed by atoms with van der Waals surface area (Å²) in [6, 6.07) is 9.13. The van der Waals surface area contributed by atoms with Crippen LogP contribution in [0.5, 0.6) is 5.75 Å². The molecule has 2 atom stereocenters. The largest absolute Gasteiger partial charge is 0.508 e. The van der Waals surface area contributed by atoms with Crippen molar-refractivity contribution in [1.82, 2.24) is 10.3 Å². The number of carbonyl (C=O) groups is 2. The predicted octanol–water partition coefficient (Wildman–Crippen LogP) is 2.57. The first-order valence-corrected chi connectivity index (χ1v) is 9.29. The summed E-state index contributed by atoms with van der Waals surface area (Å²) in [4.78, 5) is 26.4. The third-order valence-corrected chi connectivity index (χ3v) is 4.85. The van der Waals surface area contributed by atoms with E-state index in [-0.39, 0.29) is 28.6 Å². The van der Waals surface area contributed by atoms with Crippen molar-refractivity contribution in [1.29, 1.82) is 0 Å². The molecule has 31 heavy (non-hydrogen) atoms. The summed E-state index contributed by atoms with van der Waals surface area (Å²) in [5.74, 6) is -2.21. The number of H-pyrrole nitrogens is 1. The molecule has 3 aromatic rings. The van der Waals surface area contributed by atoms with Crippen LogP contribution in [0.4, 0.5) is 13.2 Å². The van der Waals surface area contributed by atoms with Crippen molar-refractivity contribution < 1.29 is 33.0 Å². The van der Waals surface area contributed by atoms with E-state index >= 15 is 0 Å². The summed E-state index contributed by atoms with van der Waals surface area (Å²) in [5, 5.41) is 21.3. The number of aromatic amines is 1. The number of alkyl halides is 3. The minimum atomic E-state index is -4.67. The van der Waals surface area contributed by atoms with Crippen LogP contribution < -0.4 is 11.1 Å². The van der Waals surface area contributed by atoms with Crippen LogP contribution in [0.15, 0.2) is 48.5 Å². The van der Waals surface area contributed by atoms with Crippen molar-refractivity contribution in [2.24, 2.45) is 5.73 Å². The number of aromatic nitrogens is 1. The standard InChI is InChI=1S/C21H20F3N3O4/c22-21(23,24)18-14(13-3-1-2-4-16(13)26-18)10-15(25)19(29)27-17(20(30)31)9-11-5-7-12(28)8-6-11/h1-8,15,17,26,28H,9-10,25H2,(H,27,29)(H,30,31)/t15?,17-/m0/s1. The number of nitrogens with two attached hydrogens (primary N) is 1. The van der Waals surface area contributed by atoms with Crippen LogP contribution in [-0.2, 0) is 28.6 Å². The van der Waals surface area contributed by atoms with Gasteiger partial charge in [0.25, 0.3) is 0 Å². The van der Waals surface area contributed by atoms with Gasteiger partial charge in [-0.25, -0.2) is 4.79 Å². The van der Waals surface area contributed by atoms with Crippen molar-refractivity contribution in [3.05, 3.63) is 65.4 Å². The zero-order valence-electron chi connectivity index (χ0n) is 16.1. The molecule has 164 valence electrons. The maximum absolute atomic E-state index is 13.5. The van der Waals surface area contributed by atoms with Crippen molar-refractivity contribution in [3.8, 4) is 5.75 Å². The van der Waals surface area contributed by atoms with E-state index in [9.17, 15) is 33.0 Å². The number of nitrogens with one attached hydrogen (secondary N) is 2. The average Bonchev–Trinajstić information content (AvgIpc) is 3.08. The molecule has 0 aliphatic carbocycles. The molecule has 2 aromatic carbocycles. The fraction of sp³-hybridized carbons (Fsp3) is 0.238. The Kier molecular flexibility index (Phi) is 6.21. The first-order valence-electron chi connectivity index (χ1n) is 9.29. The molecule has 0 aliphatic heterocycles. The van der Waals surface area contributed by atoms with Crippen LogP contribution in [0.1, 0.15) is 16.8 Å². The minimum absolute atomic E-state index is 0.000816. The van der Waals surface area contributed by atoms with Gasteiger partial charge in [-0.3, -0.25) is 4.79 Å². The Morgan fingerprint density at radius 2 is 1.71 bits per heavy atom. The quantitative estimate of drug-likeness (QED) is 0.390. The number of phenolic OH excluding ortho intramolecular Hbond substituents is 1. The summed E-state index contributed by atoms with van der Waals surface area (Å²) in [5.41, 5.74) is 5.50. The number of aromatic hydroxyl groups is 1.